The van der Waals surface area contributed by atoms with E-state index in [4.69, 9.17) is 10.2 Å². The Bertz CT molecular complexity index is 651. The molecular weight excluding hydrogens is 276 g/mol. The van der Waals surface area contributed by atoms with E-state index in [9.17, 15) is 8.42 Å². The molecular formula is C14H18N2O3S. The van der Waals surface area contributed by atoms with Crippen LogP contribution in [0.25, 0.3) is 0 Å². The summed E-state index contributed by atoms with van der Waals surface area (Å²) in [7, 11) is -3.58. The van der Waals surface area contributed by atoms with Crippen LogP contribution < -0.4 is 5.73 Å². The molecule has 1 aromatic heterocycles. The third kappa shape index (κ3) is 2.92. The van der Waals surface area contributed by atoms with Crippen molar-refractivity contribution in [2.75, 3.05) is 6.54 Å². The fourth-order valence-electron chi connectivity index (χ4n) is 2.01. The van der Waals surface area contributed by atoms with E-state index in [1.165, 1.54) is 10.6 Å². The molecule has 0 fully saturated rings. The normalized spacial score (nSPS) is 11.9. The van der Waals surface area contributed by atoms with Gasteiger partial charge in [0.05, 0.1) is 17.7 Å². The van der Waals surface area contributed by atoms with E-state index in [0.717, 1.165) is 0 Å². The fourth-order valence-corrected chi connectivity index (χ4v) is 3.65. The van der Waals surface area contributed by atoms with Gasteiger partial charge in [0.25, 0.3) is 0 Å². The molecule has 0 spiro atoms. The Morgan fingerprint density at radius 1 is 1.20 bits per heavy atom. The lowest BCUT2D eigenvalue weighted by Crippen LogP contribution is -2.31. The van der Waals surface area contributed by atoms with Crippen LogP contribution in [0.15, 0.2) is 52.0 Å². The first-order valence-corrected chi connectivity index (χ1v) is 7.84. The van der Waals surface area contributed by atoms with E-state index < -0.39 is 10.0 Å². The monoisotopic (exact) mass is 294 g/mol. The Morgan fingerprint density at radius 3 is 2.55 bits per heavy atom. The summed E-state index contributed by atoms with van der Waals surface area (Å²) >= 11 is 0. The van der Waals surface area contributed by atoms with E-state index in [1.54, 1.807) is 43.3 Å². The number of nitrogens with zero attached hydrogens (tertiary/aromatic N) is 1. The van der Waals surface area contributed by atoms with Gasteiger partial charge in [0.2, 0.25) is 10.0 Å². The molecule has 0 aliphatic carbocycles. The first-order chi connectivity index (χ1) is 9.59. The molecule has 0 radical (unpaired) electrons. The first-order valence-electron chi connectivity index (χ1n) is 6.40. The van der Waals surface area contributed by atoms with Gasteiger partial charge >= 0.3 is 0 Å². The number of furan rings is 1. The van der Waals surface area contributed by atoms with Gasteiger partial charge in [-0.3, -0.25) is 0 Å². The van der Waals surface area contributed by atoms with E-state index in [2.05, 4.69) is 0 Å². The van der Waals surface area contributed by atoms with Crippen LogP contribution in [0, 0.1) is 0 Å². The van der Waals surface area contributed by atoms with Crippen molar-refractivity contribution in [2.45, 2.75) is 24.9 Å². The number of hydrogen-bond donors (Lipinski definition) is 1. The van der Waals surface area contributed by atoms with Crippen molar-refractivity contribution in [3.63, 3.8) is 0 Å². The lowest BCUT2D eigenvalue weighted by Gasteiger charge is -2.20. The zero-order chi connectivity index (χ0) is 14.6. The second-order valence-corrected chi connectivity index (χ2v) is 6.23. The Hall–Kier alpha value is -1.63. The molecule has 6 heteroatoms. The quantitative estimate of drug-likeness (QED) is 0.883. The predicted molar refractivity (Wildman–Crippen MR) is 76.3 cm³/mol. The summed E-state index contributed by atoms with van der Waals surface area (Å²) in [5, 5.41) is 0. The highest BCUT2D eigenvalue weighted by Gasteiger charge is 2.25. The fraction of sp³-hybridized carbons (Fsp3) is 0.286. The zero-order valence-corrected chi connectivity index (χ0v) is 12.1. The molecule has 2 rings (SSSR count). The Kier molecular flexibility index (Phi) is 4.59. The number of nitrogens with two attached hydrogens (primary N) is 1. The van der Waals surface area contributed by atoms with Crippen LogP contribution in [0.1, 0.15) is 18.2 Å². The molecule has 0 bridgehead atoms. The van der Waals surface area contributed by atoms with E-state index in [1.807, 2.05) is 0 Å². The van der Waals surface area contributed by atoms with Gasteiger partial charge in [-0.05, 0) is 23.8 Å². The lowest BCUT2D eigenvalue weighted by molar-refractivity contribution is 0.375. The Balaban J connectivity index is 2.36. The summed E-state index contributed by atoms with van der Waals surface area (Å²) < 4.78 is 32.0. The average Bonchev–Trinajstić information content (AvgIpc) is 2.97. The smallest absolute Gasteiger partial charge is 0.243 e. The predicted octanol–water partition coefficient (Wildman–Crippen LogP) is 1.95. The third-order valence-electron chi connectivity index (χ3n) is 3.08. The Morgan fingerprint density at radius 2 is 1.95 bits per heavy atom. The molecule has 0 saturated heterocycles. The van der Waals surface area contributed by atoms with Crippen LogP contribution in [0.4, 0.5) is 0 Å². The summed E-state index contributed by atoms with van der Waals surface area (Å²) in [4.78, 5) is 0.260. The summed E-state index contributed by atoms with van der Waals surface area (Å²) in [5.74, 6) is 0.612. The molecule has 2 aromatic rings. The number of sulfonamides is 1. The second kappa shape index (κ2) is 6.21. The molecule has 2 N–H and O–H groups in total. The standard InChI is InChI=1S/C14H18N2O3S/c1-2-16(11-13-7-5-9-19-13)20(17,18)14-8-4-3-6-12(14)10-15/h3-9H,2,10-11,15H2,1H3. The van der Waals surface area contributed by atoms with Gasteiger partial charge in [-0.1, -0.05) is 25.1 Å². The van der Waals surface area contributed by atoms with Crippen molar-refractivity contribution in [3.8, 4) is 0 Å². The maximum Gasteiger partial charge on any atom is 0.243 e. The van der Waals surface area contributed by atoms with Crippen molar-refractivity contribution in [2.24, 2.45) is 5.73 Å². The van der Waals surface area contributed by atoms with Gasteiger partial charge in [0.1, 0.15) is 5.76 Å². The summed E-state index contributed by atoms with van der Waals surface area (Å²) in [5.41, 5.74) is 6.24. The lowest BCUT2D eigenvalue weighted by atomic mass is 10.2. The number of hydrogen-bond acceptors (Lipinski definition) is 4. The molecule has 1 aromatic carbocycles. The van der Waals surface area contributed by atoms with Crippen molar-refractivity contribution >= 4 is 10.0 Å². The highest BCUT2D eigenvalue weighted by atomic mass is 32.2. The van der Waals surface area contributed by atoms with Crippen molar-refractivity contribution in [1.29, 1.82) is 0 Å². The highest BCUT2D eigenvalue weighted by Crippen LogP contribution is 2.21. The molecule has 0 aliphatic rings. The number of benzene rings is 1. The van der Waals surface area contributed by atoms with Gasteiger partial charge in [0.15, 0.2) is 0 Å². The van der Waals surface area contributed by atoms with Crippen molar-refractivity contribution < 1.29 is 12.8 Å². The van der Waals surface area contributed by atoms with Crippen LogP contribution in [-0.2, 0) is 23.1 Å². The minimum absolute atomic E-state index is 0.188. The maximum absolute atomic E-state index is 12.7. The molecule has 108 valence electrons. The minimum atomic E-state index is -3.58. The maximum atomic E-state index is 12.7. The van der Waals surface area contributed by atoms with E-state index >= 15 is 0 Å². The van der Waals surface area contributed by atoms with Gasteiger partial charge in [-0.15, -0.1) is 0 Å². The number of rotatable bonds is 6. The Labute approximate surface area is 119 Å². The largest absolute Gasteiger partial charge is 0.468 e. The van der Waals surface area contributed by atoms with Gasteiger partial charge < -0.3 is 10.2 Å². The minimum Gasteiger partial charge on any atom is -0.468 e. The van der Waals surface area contributed by atoms with Crippen molar-refractivity contribution in [3.05, 3.63) is 54.0 Å². The van der Waals surface area contributed by atoms with Crippen LogP contribution in [0.2, 0.25) is 0 Å². The van der Waals surface area contributed by atoms with Gasteiger partial charge in [0, 0.05) is 13.1 Å². The molecule has 1 heterocycles. The molecule has 0 aliphatic heterocycles. The second-order valence-electron chi connectivity index (χ2n) is 4.32. The SMILES string of the molecule is CCN(Cc1ccco1)S(=O)(=O)c1ccccc1CN. The third-order valence-corrected chi connectivity index (χ3v) is 5.10. The van der Waals surface area contributed by atoms with E-state index in [-0.39, 0.29) is 18.0 Å². The van der Waals surface area contributed by atoms with Crippen LogP contribution in [0.5, 0.6) is 0 Å². The summed E-state index contributed by atoms with van der Waals surface area (Å²) in [6.07, 6.45) is 1.53. The molecule has 0 atom stereocenters. The van der Waals surface area contributed by atoms with Crippen LogP contribution >= 0.6 is 0 Å². The molecule has 0 amide bonds. The molecule has 0 unspecified atom stereocenters. The van der Waals surface area contributed by atoms with Crippen LogP contribution in [0.3, 0.4) is 0 Å². The van der Waals surface area contributed by atoms with Gasteiger partial charge in [-0.2, -0.15) is 4.31 Å². The molecule has 5 nitrogen and oxygen atoms in total. The van der Waals surface area contributed by atoms with Gasteiger partial charge in [-0.25, -0.2) is 8.42 Å². The topological polar surface area (TPSA) is 76.5 Å². The molecule has 20 heavy (non-hydrogen) atoms. The first kappa shape index (κ1) is 14.8. The van der Waals surface area contributed by atoms with E-state index in [0.29, 0.717) is 17.9 Å². The molecule has 0 saturated carbocycles. The van der Waals surface area contributed by atoms with Crippen molar-refractivity contribution in [1.82, 2.24) is 4.31 Å². The summed E-state index contributed by atoms with van der Waals surface area (Å²) in [6, 6.07) is 10.3. The zero-order valence-electron chi connectivity index (χ0n) is 11.3. The average molecular weight is 294 g/mol. The summed E-state index contributed by atoms with van der Waals surface area (Å²) in [6.45, 7) is 2.56. The highest BCUT2D eigenvalue weighted by molar-refractivity contribution is 7.89. The van der Waals surface area contributed by atoms with Crippen LogP contribution in [-0.4, -0.2) is 19.3 Å².